The van der Waals surface area contributed by atoms with Gasteiger partial charge >= 0.3 is 11.9 Å². The molecule has 1 fully saturated rings. The summed E-state index contributed by atoms with van der Waals surface area (Å²) in [6.45, 7) is 25.8. The summed E-state index contributed by atoms with van der Waals surface area (Å²) in [4.78, 5) is 25.9. The van der Waals surface area contributed by atoms with Crippen molar-refractivity contribution in [3.8, 4) is 0 Å². The quantitative estimate of drug-likeness (QED) is 0.260. The first-order chi connectivity index (χ1) is 19.1. The largest absolute Gasteiger partial charge is 0.451 e. The van der Waals surface area contributed by atoms with Crippen LogP contribution in [0, 0.1) is 18.8 Å². The Kier molecular flexibility index (Phi) is 7.97. The lowest BCUT2D eigenvalue weighted by Gasteiger charge is -2.32. The van der Waals surface area contributed by atoms with Crippen LogP contribution in [0.1, 0.15) is 46.1 Å². The summed E-state index contributed by atoms with van der Waals surface area (Å²) in [5, 5.41) is 0. The van der Waals surface area contributed by atoms with E-state index in [9.17, 15) is 18.0 Å². The highest BCUT2D eigenvalue weighted by molar-refractivity contribution is 7.89. The second kappa shape index (κ2) is 10.7. The zero-order valence-electron chi connectivity index (χ0n) is 24.6. The molecule has 2 atom stereocenters. The van der Waals surface area contributed by atoms with Crippen molar-refractivity contribution >= 4 is 22.0 Å². The number of benzene rings is 1. The molecular weight excluding hydrogens is 538 g/mol. The van der Waals surface area contributed by atoms with E-state index in [2.05, 4.69) is 26.3 Å². The molecule has 1 aromatic carbocycles. The van der Waals surface area contributed by atoms with Gasteiger partial charge in [-0.05, 0) is 70.7 Å². The molecule has 3 heterocycles. The molecule has 218 valence electrons. The van der Waals surface area contributed by atoms with E-state index in [4.69, 9.17) is 9.47 Å². The van der Waals surface area contributed by atoms with E-state index in [0.29, 0.717) is 46.3 Å². The minimum Gasteiger partial charge on any atom is -0.451 e. The molecule has 3 aliphatic heterocycles. The SMILES string of the molecule is C=CCC1=C(C(=C)[C@H]2CN(S(=O)(=O)c3ccc(C)cc3)C[C@H]2C(=C)C2=C(CC=C)C(=O)OC2(C)C)C(C)(C)OC1=O. The summed E-state index contributed by atoms with van der Waals surface area (Å²) in [5.41, 5.74) is 2.49. The lowest BCUT2D eigenvalue weighted by atomic mass is 9.73. The Balaban J connectivity index is 1.85. The summed E-state index contributed by atoms with van der Waals surface area (Å²) >= 11 is 0. The Labute approximate surface area is 243 Å². The smallest absolute Gasteiger partial charge is 0.335 e. The van der Waals surface area contributed by atoms with Crippen LogP contribution in [0.5, 0.6) is 0 Å². The van der Waals surface area contributed by atoms with E-state index >= 15 is 0 Å². The van der Waals surface area contributed by atoms with Gasteiger partial charge in [0.1, 0.15) is 11.2 Å². The van der Waals surface area contributed by atoms with Gasteiger partial charge in [-0.1, -0.05) is 43.0 Å². The zero-order valence-corrected chi connectivity index (χ0v) is 25.4. The third-order valence-electron chi connectivity index (χ3n) is 8.18. The van der Waals surface area contributed by atoms with E-state index in [1.807, 2.05) is 6.92 Å². The predicted molar refractivity (Wildman–Crippen MR) is 159 cm³/mol. The number of aryl methyl sites for hydroxylation is 1. The highest BCUT2D eigenvalue weighted by Crippen LogP contribution is 2.49. The molecule has 8 heteroatoms. The summed E-state index contributed by atoms with van der Waals surface area (Å²) < 4.78 is 40.6. The van der Waals surface area contributed by atoms with Crippen LogP contribution in [-0.2, 0) is 29.1 Å². The molecule has 0 bridgehead atoms. The highest BCUT2D eigenvalue weighted by atomic mass is 32.2. The van der Waals surface area contributed by atoms with Crippen molar-refractivity contribution in [2.24, 2.45) is 11.8 Å². The maximum absolute atomic E-state index is 13.9. The topological polar surface area (TPSA) is 90.0 Å². The number of cyclic esters (lactones) is 2. The van der Waals surface area contributed by atoms with E-state index in [-0.39, 0.29) is 18.0 Å². The molecule has 0 aromatic heterocycles. The van der Waals surface area contributed by atoms with Crippen molar-refractivity contribution in [2.45, 2.75) is 63.6 Å². The Hall–Kier alpha value is -3.49. The second-order valence-electron chi connectivity index (χ2n) is 11.9. The number of nitrogens with zero attached hydrogens (tertiary/aromatic N) is 1. The van der Waals surface area contributed by atoms with Crippen LogP contribution >= 0.6 is 0 Å². The van der Waals surface area contributed by atoms with Gasteiger partial charge in [0.25, 0.3) is 0 Å². The fraction of sp³-hybridized carbons (Fsp3) is 0.394. The van der Waals surface area contributed by atoms with Crippen molar-refractivity contribution in [1.29, 1.82) is 0 Å². The average Bonchev–Trinajstić information content (AvgIpc) is 3.49. The second-order valence-corrected chi connectivity index (χ2v) is 13.8. The van der Waals surface area contributed by atoms with Gasteiger partial charge < -0.3 is 9.47 Å². The van der Waals surface area contributed by atoms with Crippen LogP contribution in [0.2, 0.25) is 0 Å². The van der Waals surface area contributed by atoms with Gasteiger partial charge in [0.2, 0.25) is 10.0 Å². The molecule has 0 saturated carbocycles. The number of rotatable bonds is 10. The molecule has 0 radical (unpaired) electrons. The van der Waals surface area contributed by atoms with Crippen LogP contribution in [0.4, 0.5) is 0 Å². The van der Waals surface area contributed by atoms with Gasteiger partial charge in [0, 0.05) is 47.2 Å². The van der Waals surface area contributed by atoms with Gasteiger partial charge in [0.05, 0.1) is 4.90 Å². The van der Waals surface area contributed by atoms with Gasteiger partial charge in [-0.3, -0.25) is 0 Å². The first-order valence-corrected chi connectivity index (χ1v) is 15.1. The molecule has 1 saturated heterocycles. The third-order valence-corrected chi connectivity index (χ3v) is 10.0. The molecule has 7 nitrogen and oxygen atoms in total. The summed E-state index contributed by atoms with van der Waals surface area (Å²) in [7, 11) is -3.87. The van der Waals surface area contributed by atoms with Crippen molar-refractivity contribution in [3.05, 3.63) is 102 Å². The van der Waals surface area contributed by atoms with E-state index < -0.39 is 45.0 Å². The molecule has 0 amide bonds. The third kappa shape index (κ3) is 5.31. The van der Waals surface area contributed by atoms with Crippen molar-refractivity contribution in [1.82, 2.24) is 4.31 Å². The molecular formula is C33H39NO6S. The molecule has 0 unspecified atom stereocenters. The maximum atomic E-state index is 13.9. The molecule has 41 heavy (non-hydrogen) atoms. The van der Waals surface area contributed by atoms with Crippen LogP contribution in [0.3, 0.4) is 0 Å². The molecule has 0 N–H and O–H groups in total. The van der Waals surface area contributed by atoms with Crippen LogP contribution < -0.4 is 0 Å². The van der Waals surface area contributed by atoms with Gasteiger partial charge in [0.15, 0.2) is 0 Å². The normalized spacial score (nSPS) is 23.9. The number of carbonyl (C=O) groups excluding carboxylic acids is 2. The van der Waals surface area contributed by atoms with Crippen molar-refractivity contribution in [3.63, 3.8) is 0 Å². The minimum atomic E-state index is -3.87. The van der Waals surface area contributed by atoms with Crippen LogP contribution in [0.25, 0.3) is 0 Å². The molecule has 0 aliphatic carbocycles. The number of esters is 2. The highest BCUT2D eigenvalue weighted by Gasteiger charge is 2.50. The monoisotopic (exact) mass is 577 g/mol. The standard InChI is InChI=1S/C33H39NO6S/c1-10-12-24-28(32(6,7)39-30(24)35)21(4)26-18-34(41(37,38)23-16-14-20(3)15-17-23)19-27(26)22(5)29-25(13-11-2)31(36)40-33(29,8)9/h10-11,14-17,26-27H,1-2,4-5,12-13,18-19H2,3,6-9H3/t26-,27+. The number of carbonyl (C=O) groups is 2. The number of sulfonamides is 1. The number of hydrogen-bond donors (Lipinski definition) is 0. The Bertz CT molecular complexity index is 1440. The van der Waals surface area contributed by atoms with Crippen molar-refractivity contribution in [2.75, 3.05) is 13.1 Å². The van der Waals surface area contributed by atoms with E-state index in [1.165, 1.54) is 4.31 Å². The lowest BCUT2D eigenvalue weighted by molar-refractivity contribution is -0.145. The number of allylic oxidation sites excluding steroid dienone is 2. The summed E-state index contributed by atoms with van der Waals surface area (Å²) in [6, 6.07) is 6.74. The first kappa shape index (κ1) is 30.5. The molecule has 1 aromatic rings. The minimum absolute atomic E-state index is 0.118. The van der Waals surface area contributed by atoms with Crippen LogP contribution in [0.15, 0.2) is 101 Å². The Morgan fingerprint density at radius 2 is 1.24 bits per heavy atom. The molecule has 4 rings (SSSR count). The van der Waals surface area contributed by atoms with Crippen LogP contribution in [-0.4, -0.2) is 49.0 Å². The number of ether oxygens (including phenoxy) is 2. The predicted octanol–water partition coefficient (Wildman–Crippen LogP) is 5.76. The average molecular weight is 578 g/mol. The Morgan fingerprint density at radius 1 is 0.854 bits per heavy atom. The fourth-order valence-corrected chi connectivity index (χ4v) is 7.83. The van der Waals surface area contributed by atoms with E-state index in [0.717, 1.165) is 5.56 Å². The zero-order chi connectivity index (χ0) is 30.5. The van der Waals surface area contributed by atoms with Gasteiger partial charge in [-0.15, -0.1) is 13.2 Å². The maximum Gasteiger partial charge on any atom is 0.335 e. The lowest BCUT2D eigenvalue weighted by Crippen LogP contribution is -2.30. The summed E-state index contributed by atoms with van der Waals surface area (Å²) in [6.07, 6.45) is 3.87. The molecule has 3 aliphatic rings. The van der Waals surface area contributed by atoms with Gasteiger partial charge in [-0.25, -0.2) is 18.0 Å². The Morgan fingerprint density at radius 3 is 1.61 bits per heavy atom. The summed E-state index contributed by atoms with van der Waals surface area (Å²) in [5.74, 6) is -1.77. The molecule has 0 spiro atoms. The van der Waals surface area contributed by atoms with E-state index in [1.54, 1.807) is 64.1 Å². The van der Waals surface area contributed by atoms with Crippen molar-refractivity contribution < 1.29 is 27.5 Å². The first-order valence-electron chi connectivity index (χ1n) is 13.7. The fourth-order valence-electron chi connectivity index (χ4n) is 6.34. The van der Waals surface area contributed by atoms with Gasteiger partial charge in [-0.2, -0.15) is 4.31 Å². The number of hydrogen-bond acceptors (Lipinski definition) is 6.